The summed E-state index contributed by atoms with van der Waals surface area (Å²) < 4.78 is 97.9. The van der Waals surface area contributed by atoms with Crippen LogP contribution in [0.25, 0.3) is 0 Å². The van der Waals surface area contributed by atoms with E-state index in [2.05, 4.69) is 5.32 Å². The largest absolute Gasteiger partial charge is 0.412 e. The molecule has 1 N–H and O–H groups in total. The van der Waals surface area contributed by atoms with Crippen molar-refractivity contribution in [2.75, 3.05) is 26.3 Å². The fourth-order valence-corrected chi connectivity index (χ4v) is 4.46. The van der Waals surface area contributed by atoms with Crippen molar-refractivity contribution in [2.24, 2.45) is 11.8 Å². The first-order valence-electron chi connectivity index (χ1n) is 11.3. The van der Waals surface area contributed by atoms with E-state index >= 15 is 0 Å². The number of alkyl halides is 6. The highest BCUT2D eigenvalue weighted by atomic mass is 19.4. The molecule has 1 heterocycles. The van der Waals surface area contributed by atoms with Gasteiger partial charge in [0.25, 0.3) is 0 Å². The zero-order valence-electron chi connectivity index (χ0n) is 18.6. The molecule has 2 amide bonds. The molecule has 0 aromatic heterocycles. The number of urea groups is 1. The lowest BCUT2D eigenvalue weighted by Crippen LogP contribution is -2.57. The van der Waals surface area contributed by atoms with Gasteiger partial charge in [-0.25, -0.2) is 9.18 Å². The van der Waals surface area contributed by atoms with Crippen molar-refractivity contribution in [3.05, 3.63) is 58.9 Å². The molecule has 1 saturated heterocycles. The minimum absolute atomic E-state index is 0.131. The van der Waals surface area contributed by atoms with Gasteiger partial charge in [-0.05, 0) is 54.5 Å². The Morgan fingerprint density at radius 1 is 1.06 bits per heavy atom. The molecule has 3 atom stereocenters. The normalized spacial score (nSPS) is 25.7. The molecular formula is C24H25F7N2O2. The molecule has 1 aliphatic heterocycles. The van der Waals surface area contributed by atoms with E-state index in [1.807, 2.05) is 0 Å². The van der Waals surface area contributed by atoms with E-state index in [4.69, 9.17) is 4.74 Å². The number of rotatable bonds is 7. The van der Waals surface area contributed by atoms with Gasteiger partial charge in [-0.1, -0.05) is 18.2 Å². The third kappa shape index (κ3) is 6.56. The molecular weight excluding hydrogens is 481 g/mol. The van der Waals surface area contributed by atoms with E-state index in [1.165, 1.54) is 12.1 Å². The minimum Gasteiger partial charge on any atom is -0.375 e. The van der Waals surface area contributed by atoms with Crippen LogP contribution >= 0.6 is 0 Å². The molecule has 3 aliphatic rings. The smallest absolute Gasteiger partial charge is 0.375 e. The summed E-state index contributed by atoms with van der Waals surface area (Å²) in [5, 5.41) is 2.84. The standard InChI is InChI=1S/C24H25F7N2O2/c25-19-5-3-16(4-6-19)20-11-33(10-14-1-2-14)22(34)32-21(20)13-35-12-15-7-17(23(26,27)28)9-18(8-15)24(29,30)31/h3-8,14,17,20-21H,1-2,9-13H2,(H,32,34)/t17-,20-,21?/m0/s1. The third-order valence-electron chi connectivity index (χ3n) is 6.54. The van der Waals surface area contributed by atoms with E-state index in [9.17, 15) is 35.5 Å². The van der Waals surface area contributed by atoms with Gasteiger partial charge in [-0.3, -0.25) is 0 Å². The molecule has 0 spiro atoms. The Labute approximate surface area is 197 Å². The van der Waals surface area contributed by atoms with Crippen LogP contribution in [-0.2, 0) is 4.74 Å². The minimum atomic E-state index is -4.88. The summed E-state index contributed by atoms with van der Waals surface area (Å²) in [6.45, 7) is 0.335. The van der Waals surface area contributed by atoms with Crippen LogP contribution in [0.2, 0.25) is 0 Å². The maximum absolute atomic E-state index is 13.4. The number of ether oxygens (including phenoxy) is 1. The fourth-order valence-electron chi connectivity index (χ4n) is 4.46. The molecule has 1 aromatic carbocycles. The first-order valence-corrected chi connectivity index (χ1v) is 11.3. The maximum Gasteiger partial charge on any atom is 0.412 e. The van der Waals surface area contributed by atoms with Crippen LogP contribution in [0.15, 0.2) is 47.6 Å². The Bertz CT molecular complexity index is 981. The zero-order valence-corrected chi connectivity index (χ0v) is 18.6. The monoisotopic (exact) mass is 506 g/mol. The van der Waals surface area contributed by atoms with Crippen molar-refractivity contribution >= 4 is 6.03 Å². The highest BCUT2D eigenvalue weighted by Gasteiger charge is 2.45. The maximum atomic E-state index is 13.4. The molecule has 4 nitrogen and oxygen atoms in total. The number of halogens is 7. The van der Waals surface area contributed by atoms with Crippen molar-refractivity contribution in [3.8, 4) is 0 Å². The number of amides is 2. The number of carbonyl (C=O) groups excluding carboxylic acids is 1. The van der Waals surface area contributed by atoms with Gasteiger partial charge in [0.15, 0.2) is 0 Å². The quantitative estimate of drug-likeness (QED) is 0.481. The van der Waals surface area contributed by atoms with Crippen LogP contribution < -0.4 is 5.32 Å². The molecule has 1 unspecified atom stereocenters. The van der Waals surface area contributed by atoms with Crippen molar-refractivity contribution in [3.63, 3.8) is 0 Å². The van der Waals surface area contributed by atoms with Gasteiger partial charge >= 0.3 is 18.4 Å². The van der Waals surface area contributed by atoms with Gasteiger partial charge in [0.2, 0.25) is 0 Å². The Balaban J connectivity index is 1.46. The van der Waals surface area contributed by atoms with Crippen LogP contribution in [0.3, 0.4) is 0 Å². The molecule has 0 radical (unpaired) electrons. The van der Waals surface area contributed by atoms with E-state index in [0.29, 0.717) is 25.1 Å². The van der Waals surface area contributed by atoms with E-state index in [-0.39, 0.29) is 24.1 Å². The summed E-state index contributed by atoms with van der Waals surface area (Å²) in [7, 11) is 0. The summed E-state index contributed by atoms with van der Waals surface area (Å²) >= 11 is 0. The van der Waals surface area contributed by atoms with Gasteiger partial charge in [0.05, 0.1) is 25.2 Å². The SMILES string of the molecule is O=C1NC(COCC2=C[C@H](C(F)(F)F)CC(C(F)(F)F)=C2)[C@H](c2ccc(F)cc2)CN1CC1CC1. The topological polar surface area (TPSA) is 41.6 Å². The third-order valence-corrected chi connectivity index (χ3v) is 6.54. The highest BCUT2D eigenvalue weighted by molar-refractivity contribution is 5.76. The van der Waals surface area contributed by atoms with Gasteiger partial charge in [-0.15, -0.1) is 0 Å². The van der Waals surface area contributed by atoms with E-state index in [0.717, 1.165) is 24.5 Å². The van der Waals surface area contributed by atoms with Gasteiger partial charge < -0.3 is 15.0 Å². The number of allylic oxidation sites excluding steroid dienone is 2. The lowest BCUT2D eigenvalue weighted by molar-refractivity contribution is -0.166. The average Bonchev–Trinajstić information content (AvgIpc) is 3.59. The second-order valence-electron chi connectivity index (χ2n) is 9.34. The molecule has 1 aromatic rings. The summed E-state index contributed by atoms with van der Waals surface area (Å²) in [5.41, 5.74) is -0.734. The highest BCUT2D eigenvalue weighted by Crippen LogP contribution is 2.41. The number of hydrogen-bond acceptors (Lipinski definition) is 2. The predicted molar refractivity (Wildman–Crippen MR) is 113 cm³/mol. The van der Waals surface area contributed by atoms with Crippen LogP contribution in [0.4, 0.5) is 35.5 Å². The lowest BCUT2D eigenvalue weighted by Gasteiger charge is -2.39. The van der Waals surface area contributed by atoms with Gasteiger partial charge in [-0.2, -0.15) is 26.3 Å². The molecule has 35 heavy (non-hydrogen) atoms. The molecule has 2 aliphatic carbocycles. The summed E-state index contributed by atoms with van der Waals surface area (Å²) in [4.78, 5) is 14.3. The number of nitrogens with zero attached hydrogens (tertiary/aromatic N) is 1. The summed E-state index contributed by atoms with van der Waals surface area (Å²) in [5.74, 6) is -2.53. The van der Waals surface area contributed by atoms with Crippen LogP contribution in [0, 0.1) is 17.7 Å². The second-order valence-corrected chi connectivity index (χ2v) is 9.34. The molecule has 2 fully saturated rings. The molecule has 4 rings (SSSR count). The van der Waals surface area contributed by atoms with Crippen LogP contribution in [0.1, 0.15) is 30.7 Å². The van der Waals surface area contributed by atoms with E-state index in [1.54, 1.807) is 17.0 Å². The van der Waals surface area contributed by atoms with Crippen LogP contribution in [-0.4, -0.2) is 55.6 Å². The molecule has 1 saturated carbocycles. The zero-order chi connectivity index (χ0) is 25.4. The Morgan fingerprint density at radius 2 is 1.74 bits per heavy atom. The Morgan fingerprint density at radius 3 is 2.34 bits per heavy atom. The summed E-state index contributed by atoms with van der Waals surface area (Å²) in [6.07, 6.45) is -7.33. The van der Waals surface area contributed by atoms with Crippen molar-refractivity contribution in [1.82, 2.24) is 10.2 Å². The molecule has 192 valence electrons. The fraction of sp³-hybridized carbons (Fsp3) is 0.542. The number of hydrogen-bond donors (Lipinski definition) is 1. The van der Waals surface area contributed by atoms with Gasteiger partial charge in [0.1, 0.15) is 5.82 Å². The Hall–Kier alpha value is -2.56. The lowest BCUT2D eigenvalue weighted by atomic mass is 9.89. The first-order chi connectivity index (χ1) is 16.4. The van der Waals surface area contributed by atoms with E-state index < -0.39 is 48.7 Å². The Kier molecular flexibility index (Phi) is 7.17. The van der Waals surface area contributed by atoms with Crippen LogP contribution in [0.5, 0.6) is 0 Å². The summed E-state index contributed by atoms with van der Waals surface area (Å²) in [6, 6.07) is 4.88. The average molecular weight is 506 g/mol. The number of nitrogens with one attached hydrogen (secondary N) is 1. The second kappa shape index (κ2) is 9.83. The first kappa shape index (κ1) is 25.5. The number of benzene rings is 1. The predicted octanol–water partition coefficient (Wildman–Crippen LogP) is 5.73. The molecule has 11 heteroatoms. The van der Waals surface area contributed by atoms with Crippen molar-refractivity contribution in [2.45, 2.75) is 43.6 Å². The number of carbonyl (C=O) groups is 1. The molecule has 0 bridgehead atoms. The van der Waals surface area contributed by atoms with Crippen molar-refractivity contribution in [1.29, 1.82) is 0 Å². The van der Waals surface area contributed by atoms with Gasteiger partial charge in [0, 0.05) is 24.6 Å². The van der Waals surface area contributed by atoms with Crippen molar-refractivity contribution < 1.29 is 40.3 Å².